The third-order valence-corrected chi connectivity index (χ3v) is 6.08. The van der Waals surface area contributed by atoms with Crippen LogP contribution in [-0.2, 0) is 14.4 Å². The number of amides is 3. The van der Waals surface area contributed by atoms with Gasteiger partial charge in [0.1, 0.15) is 5.75 Å². The van der Waals surface area contributed by atoms with Crippen LogP contribution in [0.3, 0.4) is 0 Å². The molecule has 10 nitrogen and oxygen atoms in total. The molecule has 0 unspecified atom stereocenters. The number of benzene rings is 3. The number of unbranched alkanes of at least 4 members (excludes halogenated alkanes) is 1. The fourth-order valence-electron chi connectivity index (χ4n) is 3.34. The van der Waals surface area contributed by atoms with E-state index in [1.54, 1.807) is 67.6 Å². The van der Waals surface area contributed by atoms with Crippen LogP contribution in [0.5, 0.6) is 17.2 Å². The first-order valence-corrected chi connectivity index (χ1v) is 14.0. The van der Waals surface area contributed by atoms with Crippen molar-refractivity contribution in [2.45, 2.75) is 26.7 Å². The molecule has 0 aliphatic rings. The van der Waals surface area contributed by atoms with Gasteiger partial charge in [0.15, 0.2) is 18.1 Å². The molecule has 12 heteroatoms. The van der Waals surface area contributed by atoms with Crippen molar-refractivity contribution in [1.82, 2.24) is 5.43 Å². The second-order valence-electron chi connectivity index (χ2n) is 8.49. The van der Waals surface area contributed by atoms with E-state index in [4.69, 9.17) is 25.8 Å². The highest BCUT2D eigenvalue weighted by molar-refractivity contribution is 9.10. The van der Waals surface area contributed by atoms with Crippen molar-refractivity contribution < 1.29 is 28.6 Å². The van der Waals surface area contributed by atoms with Crippen molar-refractivity contribution in [3.05, 3.63) is 75.7 Å². The fourth-order valence-corrected chi connectivity index (χ4v) is 4.10. The minimum atomic E-state index is -0.945. The van der Waals surface area contributed by atoms with Crippen molar-refractivity contribution >= 4 is 62.8 Å². The lowest BCUT2D eigenvalue weighted by Crippen LogP contribution is -2.32. The third kappa shape index (κ3) is 10.4. The first-order valence-electron chi connectivity index (χ1n) is 12.8. The Morgan fingerprint density at radius 1 is 0.927 bits per heavy atom. The number of anilines is 2. The van der Waals surface area contributed by atoms with Crippen molar-refractivity contribution in [1.29, 1.82) is 0 Å². The lowest BCUT2D eigenvalue weighted by Gasteiger charge is -2.14. The summed E-state index contributed by atoms with van der Waals surface area (Å²) >= 11 is 9.37. The molecule has 0 aromatic heterocycles. The van der Waals surface area contributed by atoms with Gasteiger partial charge in [0.05, 0.1) is 23.9 Å². The summed E-state index contributed by atoms with van der Waals surface area (Å²) in [4.78, 5) is 36.8. The predicted octanol–water partition coefficient (Wildman–Crippen LogP) is 5.79. The van der Waals surface area contributed by atoms with Crippen LogP contribution in [-0.4, -0.2) is 43.8 Å². The summed E-state index contributed by atoms with van der Waals surface area (Å²) in [6.45, 7) is 4.55. The molecule has 0 fully saturated rings. The zero-order chi connectivity index (χ0) is 29.6. The Morgan fingerprint density at radius 2 is 1.71 bits per heavy atom. The number of nitrogens with one attached hydrogen (secondary N) is 3. The molecular weight excluding hydrogens is 616 g/mol. The molecule has 3 amide bonds. The van der Waals surface area contributed by atoms with Gasteiger partial charge in [-0.1, -0.05) is 31.0 Å². The van der Waals surface area contributed by atoms with Gasteiger partial charge in [-0.3, -0.25) is 14.4 Å². The number of rotatable bonds is 13. The molecule has 0 aliphatic carbocycles. The van der Waals surface area contributed by atoms with Crippen LogP contribution in [0.1, 0.15) is 32.3 Å². The van der Waals surface area contributed by atoms with Crippen LogP contribution in [0.25, 0.3) is 0 Å². The van der Waals surface area contributed by atoms with Crippen molar-refractivity contribution in [2.75, 3.05) is 30.5 Å². The van der Waals surface area contributed by atoms with Gasteiger partial charge >= 0.3 is 11.8 Å². The van der Waals surface area contributed by atoms with E-state index in [1.165, 1.54) is 6.21 Å². The Labute approximate surface area is 251 Å². The van der Waals surface area contributed by atoms with Gasteiger partial charge in [-0.05, 0) is 89.4 Å². The summed E-state index contributed by atoms with van der Waals surface area (Å²) < 4.78 is 17.5. The second kappa shape index (κ2) is 16.2. The van der Waals surface area contributed by atoms with E-state index >= 15 is 0 Å². The minimum absolute atomic E-state index is 0.279. The number of carbonyl (C=O) groups is 3. The average molecular weight is 646 g/mol. The van der Waals surface area contributed by atoms with Crippen LogP contribution in [0.15, 0.2) is 70.2 Å². The largest absolute Gasteiger partial charge is 0.494 e. The smallest absolute Gasteiger partial charge is 0.329 e. The van der Waals surface area contributed by atoms with Gasteiger partial charge in [-0.25, -0.2) is 5.43 Å². The number of halogens is 2. The van der Waals surface area contributed by atoms with Gasteiger partial charge in [0.25, 0.3) is 5.91 Å². The highest BCUT2D eigenvalue weighted by Gasteiger charge is 2.15. The van der Waals surface area contributed by atoms with E-state index in [1.807, 2.05) is 0 Å². The topological polar surface area (TPSA) is 127 Å². The Hall–Kier alpha value is -4.09. The van der Waals surface area contributed by atoms with Crippen molar-refractivity contribution in [3.63, 3.8) is 0 Å². The van der Waals surface area contributed by atoms with Gasteiger partial charge in [0, 0.05) is 16.4 Å². The highest BCUT2D eigenvalue weighted by Crippen LogP contribution is 2.36. The second-order valence-corrected chi connectivity index (χ2v) is 9.78. The van der Waals surface area contributed by atoms with E-state index in [-0.39, 0.29) is 12.5 Å². The third-order valence-electron chi connectivity index (χ3n) is 5.25. The molecule has 0 atom stereocenters. The monoisotopic (exact) mass is 644 g/mol. The van der Waals surface area contributed by atoms with E-state index in [9.17, 15) is 14.4 Å². The summed E-state index contributed by atoms with van der Waals surface area (Å²) in [7, 11) is 0. The van der Waals surface area contributed by atoms with Crippen LogP contribution < -0.4 is 30.3 Å². The maximum absolute atomic E-state index is 12.3. The van der Waals surface area contributed by atoms with Gasteiger partial charge in [-0.15, -0.1) is 0 Å². The lowest BCUT2D eigenvalue weighted by molar-refractivity contribution is -0.136. The number of hydrogen-bond acceptors (Lipinski definition) is 7. The number of ether oxygens (including phenoxy) is 3. The molecule has 0 aliphatic heterocycles. The maximum Gasteiger partial charge on any atom is 0.329 e. The van der Waals surface area contributed by atoms with E-state index in [2.05, 4.69) is 44.0 Å². The highest BCUT2D eigenvalue weighted by atomic mass is 79.9. The van der Waals surface area contributed by atoms with Crippen LogP contribution in [0.2, 0.25) is 5.02 Å². The minimum Gasteiger partial charge on any atom is -0.494 e. The number of hydrazone groups is 1. The van der Waals surface area contributed by atoms with Crippen LogP contribution in [0, 0.1) is 0 Å². The molecule has 0 saturated carbocycles. The molecule has 41 heavy (non-hydrogen) atoms. The molecule has 0 bridgehead atoms. The van der Waals surface area contributed by atoms with Crippen LogP contribution in [0.4, 0.5) is 11.4 Å². The molecule has 0 saturated heterocycles. The molecule has 3 N–H and O–H groups in total. The SMILES string of the molecule is CCCCOc1ccc(NC(=O)C(=O)N/N=C\c2cc(Br)c(OCC(=O)Nc3cccc(Cl)c3)c(OCC)c2)cc1. The van der Waals surface area contributed by atoms with Crippen molar-refractivity contribution in [3.8, 4) is 17.2 Å². The molecular formula is C29H30BrClN4O6. The molecule has 0 spiro atoms. The molecule has 3 aromatic carbocycles. The molecule has 216 valence electrons. The first-order chi connectivity index (χ1) is 19.8. The van der Waals surface area contributed by atoms with Gasteiger partial charge < -0.3 is 24.8 Å². The molecule has 0 radical (unpaired) electrons. The van der Waals surface area contributed by atoms with Crippen LogP contribution >= 0.6 is 27.5 Å². The fraction of sp³-hybridized carbons (Fsp3) is 0.241. The van der Waals surface area contributed by atoms with Gasteiger partial charge in [0.2, 0.25) is 0 Å². The quantitative estimate of drug-likeness (QED) is 0.0935. The van der Waals surface area contributed by atoms with E-state index < -0.39 is 11.8 Å². The summed E-state index contributed by atoms with van der Waals surface area (Å²) in [5, 5.41) is 9.57. The zero-order valence-electron chi connectivity index (χ0n) is 22.5. The number of hydrogen-bond donors (Lipinski definition) is 3. The Balaban J connectivity index is 1.55. The molecule has 3 rings (SSSR count). The Morgan fingerprint density at radius 3 is 2.41 bits per heavy atom. The normalized spacial score (nSPS) is 10.6. The number of carbonyl (C=O) groups excluding carboxylic acids is 3. The summed E-state index contributed by atoms with van der Waals surface area (Å²) in [5.74, 6) is -0.859. The summed E-state index contributed by atoms with van der Waals surface area (Å²) in [5.41, 5.74) is 3.72. The Bertz CT molecular complexity index is 1380. The molecule has 0 heterocycles. The van der Waals surface area contributed by atoms with Gasteiger partial charge in [-0.2, -0.15) is 5.10 Å². The maximum atomic E-state index is 12.3. The lowest BCUT2D eigenvalue weighted by atomic mass is 10.2. The molecule has 3 aromatic rings. The Kier molecular flexibility index (Phi) is 12.5. The zero-order valence-corrected chi connectivity index (χ0v) is 24.9. The van der Waals surface area contributed by atoms with Crippen molar-refractivity contribution in [2.24, 2.45) is 5.10 Å². The standard InChI is InChI=1S/C29H30BrClN4O6/c1-3-5-13-40-23-11-9-21(10-12-23)34-28(37)29(38)35-32-17-19-14-24(30)27(25(15-19)39-4-2)41-18-26(36)33-22-8-6-7-20(31)16-22/h6-12,14-17H,3-5,13,18H2,1-2H3,(H,33,36)(H,34,37)(H,35,38)/b32-17-. The average Bonchev–Trinajstić information content (AvgIpc) is 2.94. The predicted molar refractivity (Wildman–Crippen MR) is 162 cm³/mol. The van der Waals surface area contributed by atoms with E-state index in [0.717, 1.165) is 12.8 Å². The van der Waals surface area contributed by atoms with E-state index in [0.29, 0.717) is 56.9 Å². The number of nitrogens with zero attached hydrogens (tertiary/aromatic N) is 1. The first kappa shape index (κ1) is 31.4. The summed E-state index contributed by atoms with van der Waals surface area (Å²) in [6, 6.07) is 16.8. The summed E-state index contributed by atoms with van der Waals surface area (Å²) in [6.07, 6.45) is 3.32.